The van der Waals surface area contributed by atoms with Crippen molar-refractivity contribution in [3.63, 3.8) is 0 Å². The molecule has 0 amide bonds. The Balaban J connectivity index is 1.38. The molecule has 6 rings (SSSR count). The second kappa shape index (κ2) is 10.9. The first-order chi connectivity index (χ1) is 19.4. The Morgan fingerprint density at radius 1 is 1.07 bits per heavy atom. The van der Waals surface area contributed by atoms with Gasteiger partial charge in [-0.05, 0) is 85.6 Å². The molecule has 9 heteroatoms. The summed E-state index contributed by atoms with van der Waals surface area (Å²) in [5, 5.41) is 14.1. The molecule has 40 heavy (non-hydrogen) atoms. The topological polar surface area (TPSA) is 81.8 Å². The molecule has 0 unspecified atom stereocenters. The van der Waals surface area contributed by atoms with E-state index >= 15 is 0 Å². The minimum Gasteiger partial charge on any atom is -0.478 e. The summed E-state index contributed by atoms with van der Waals surface area (Å²) in [6.07, 6.45) is 4.07. The van der Waals surface area contributed by atoms with E-state index in [9.17, 15) is 9.90 Å². The van der Waals surface area contributed by atoms with Crippen LogP contribution in [0.25, 0.3) is 11.3 Å². The van der Waals surface area contributed by atoms with Gasteiger partial charge in [0.25, 0.3) is 0 Å². The maximum absolute atomic E-state index is 11.5. The second-order valence-corrected chi connectivity index (χ2v) is 11.2. The number of furan rings is 1. The predicted molar refractivity (Wildman–Crippen MR) is 161 cm³/mol. The second-order valence-electron chi connectivity index (χ2n) is 10.4. The van der Waals surface area contributed by atoms with Gasteiger partial charge < -0.3 is 24.6 Å². The molecule has 2 aliphatic heterocycles. The lowest BCUT2D eigenvalue weighted by Crippen LogP contribution is -2.33. The van der Waals surface area contributed by atoms with Crippen molar-refractivity contribution in [1.29, 1.82) is 0 Å². The molecule has 2 fully saturated rings. The van der Waals surface area contributed by atoms with Crippen molar-refractivity contribution in [2.45, 2.75) is 31.8 Å². The Labute approximate surface area is 243 Å². The third kappa shape index (κ3) is 5.05. The van der Waals surface area contributed by atoms with Crippen LogP contribution in [0.5, 0.6) is 0 Å². The summed E-state index contributed by atoms with van der Waals surface area (Å²) in [7, 11) is 0. The zero-order chi connectivity index (χ0) is 27.8. The number of carbonyl (C=O) groups is 1. The molecule has 0 saturated carbocycles. The van der Waals surface area contributed by atoms with Gasteiger partial charge in [-0.15, -0.1) is 0 Å². The van der Waals surface area contributed by atoms with Crippen LogP contribution in [0, 0.1) is 5.92 Å². The first-order valence-electron chi connectivity index (χ1n) is 13.4. The smallest absolute Gasteiger partial charge is 0.335 e. The molecular weight excluding hydrogens is 544 g/mol. The number of carboxylic acids is 1. The van der Waals surface area contributed by atoms with Crippen LogP contribution in [0.3, 0.4) is 0 Å². The van der Waals surface area contributed by atoms with Gasteiger partial charge in [0.05, 0.1) is 28.0 Å². The highest BCUT2D eigenvalue weighted by Gasteiger charge is 2.43. The van der Waals surface area contributed by atoms with Crippen molar-refractivity contribution in [3.8, 4) is 11.3 Å². The fourth-order valence-electron chi connectivity index (χ4n) is 5.55. The monoisotopic (exact) mass is 572 g/mol. The van der Waals surface area contributed by atoms with E-state index in [1.165, 1.54) is 0 Å². The van der Waals surface area contributed by atoms with E-state index < -0.39 is 5.97 Å². The molecule has 0 aliphatic carbocycles. The molecule has 2 N–H and O–H groups in total. The lowest BCUT2D eigenvalue weighted by atomic mass is 9.98. The highest BCUT2D eigenvalue weighted by molar-refractivity contribution is 7.80. The predicted octanol–water partition coefficient (Wildman–Crippen LogP) is 7.11. The van der Waals surface area contributed by atoms with Gasteiger partial charge in [0.2, 0.25) is 0 Å². The molecule has 0 bridgehead atoms. The zero-order valence-electron chi connectivity index (χ0n) is 22.0. The number of nitrogens with zero attached hydrogens (tertiary/aromatic N) is 3. The number of piperidine rings is 1. The van der Waals surface area contributed by atoms with E-state index in [-0.39, 0.29) is 17.6 Å². The molecule has 2 atom stereocenters. The summed E-state index contributed by atoms with van der Waals surface area (Å²) in [6.45, 7) is 4.28. The largest absolute Gasteiger partial charge is 0.478 e. The molecule has 2 aromatic carbocycles. The van der Waals surface area contributed by atoms with Crippen LogP contribution in [0.15, 0.2) is 83.4 Å². The van der Waals surface area contributed by atoms with Crippen LogP contribution >= 0.6 is 23.8 Å². The molecular formula is C31H29ClN4O3S. The normalized spacial score (nSPS) is 19.6. The Kier molecular flexibility index (Phi) is 7.21. The third-order valence-corrected chi connectivity index (χ3v) is 8.36. The molecule has 2 aliphatic rings. The quantitative estimate of drug-likeness (QED) is 0.237. The van der Waals surface area contributed by atoms with Gasteiger partial charge in [-0.3, -0.25) is 4.98 Å². The number of rotatable bonds is 6. The Bertz CT molecular complexity index is 1550. The lowest BCUT2D eigenvalue weighted by Gasteiger charge is -2.33. The van der Waals surface area contributed by atoms with Crippen LogP contribution in [0.1, 0.15) is 53.7 Å². The number of nitrogens with one attached hydrogen (secondary N) is 1. The molecule has 0 spiro atoms. The first-order valence-corrected chi connectivity index (χ1v) is 14.2. The number of carboxylic acid groups (broad SMARTS) is 1. The van der Waals surface area contributed by atoms with Crippen molar-refractivity contribution in [2.75, 3.05) is 22.9 Å². The van der Waals surface area contributed by atoms with Crippen molar-refractivity contribution >= 4 is 46.3 Å². The number of benzene rings is 2. The maximum Gasteiger partial charge on any atom is 0.335 e. The third-order valence-electron chi connectivity index (χ3n) is 7.74. The number of pyridine rings is 1. The minimum absolute atomic E-state index is 0.199. The van der Waals surface area contributed by atoms with Gasteiger partial charge in [0.1, 0.15) is 17.6 Å². The molecule has 4 heterocycles. The van der Waals surface area contributed by atoms with Gasteiger partial charge in [-0.1, -0.05) is 36.7 Å². The summed E-state index contributed by atoms with van der Waals surface area (Å²) in [6, 6.07) is 21.7. The summed E-state index contributed by atoms with van der Waals surface area (Å²) >= 11 is 12.7. The van der Waals surface area contributed by atoms with Crippen molar-refractivity contribution < 1.29 is 14.3 Å². The number of halogens is 1. The highest BCUT2D eigenvalue weighted by Crippen LogP contribution is 2.44. The maximum atomic E-state index is 11.5. The average molecular weight is 573 g/mol. The number of hydrogen-bond donors (Lipinski definition) is 2. The Morgan fingerprint density at radius 3 is 2.62 bits per heavy atom. The fraction of sp³-hybridized carbons (Fsp3) is 0.258. The molecule has 2 saturated heterocycles. The average Bonchev–Trinajstić information content (AvgIpc) is 3.59. The number of aromatic carboxylic acids is 1. The SMILES string of the molecule is CC1CCN(c2ccc(N3C(=S)N[C@@H](c4ccccn4)[C@@H]3c3ccc(-c4cccc(C(=O)O)c4)o3)cc2Cl)CC1. The summed E-state index contributed by atoms with van der Waals surface area (Å²) < 4.78 is 6.40. The van der Waals surface area contributed by atoms with Crippen molar-refractivity contribution in [2.24, 2.45) is 5.92 Å². The van der Waals surface area contributed by atoms with Crippen LogP contribution in [-0.4, -0.2) is 34.3 Å². The molecule has 2 aromatic heterocycles. The number of hydrogen-bond acceptors (Lipinski definition) is 5. The van der Waals surface area contributed by atoms with Crippen LogP contribution in [-0.2, 0) is 0 Å². The Morgan fingerprint density at radius 2 is 1.90 bits per heavy atom. The van der Waals surface area contributed by atoms with Crippen molar-refractivity contribution in [1.82, 2.24) is 10.3 Å². The van der Waals surface area contributed by atoms with Gasteiger partial charge in [0.15, 0.2) is 5.11 Å². The molecule has 204 valence electrons. The Hall–Kier alpha value is -3.88. The first kappa shape index (κ1) is 26.3. The number of aromatic nitrogens is 1. The van der Waals surface area contributed by atoms with Gasteiger partial charge in [0, 0.05) is 30.5 Å². The molecule has 7 nitrogen and oxygen atoms in total. The number of thiocarbonyl (C=S) groups is 1. The molecule has 0 radical (unpaired) electrons. The zero-order valence-corrected chi connectivity index (χ0v) is 23.5. The molecule has 4 aromatic rings. The standard InChI is InChI=1S/C31H29ClN4O3S/c1-19-12-15-35(16-13-19)25-9-8-22(18-23(25)32)36-29(28(34-31(36)40)24-7-2-3-14-33-24)27-11-10-26(39-27)20-5-4-6-21(17-20)30(37)38/h2-11,14,17-19,28-29H,12-13,15-16H2,1H3,(H,34,40)(H,37,38)/t28-,29-/m0/s1. The van der Waals surface area contributed by atoms with E-state index in [2.05, 4.69) is 34.3 Å². The van der Waals surface area contributed by atoms with Crippen LogP contribution in [0.4, 0.5) is 11.4 Å². The minimum atomic E-state index is -0.986. The fourth-order valence-corrected chi connectivity index (χ4v) is 6.19. The van der Waals surface area contributed by atoms with E-state index in [0.717, 1.165) is 48.9 Å². The van der Waals surface area contributed by atoms with Crippen LogP contribution in [0.2, 0.25) is 5.02 Å². The van der Waals surface area contributed by atoms with Gasteiger partial charge >= 0.3 is 5.97 Å². The van der Waals surface area contributed by atoms with E-state index in [1.54, 1.807) is 24.4 Å². The number of anilines is 2. The summed E-state index contributed by atoms with van der Waals surface area (Å²) in [4.78, 5) is 20.5. The van der Waals surface area contributed by atoms with Crippen molar-refractivity contribution in [3.05, 3.63) is 101 Å². The van der Waals surface area contributed by atoms with Gasteiger partial charge in [-0.25, -0.2) is 4.79 Å². The van der Waals surface area contributed by atoms with Crippen LogP contribution < -0.4 is 15.1 Å². The van der Waals surface area contributed by atoms with E-state index in [1.807, 2.05) is 47.4 Å². The van der Waals surface area contributed by atoms with Gasteiger partial charge in [-0.2, -0.15) is 0 Å². The highest BCUT2D eigenvalue weighted by atomic mass is 35.5. The van der Waals surface area contributed by atoms with E-state index in [4.69, 9.17) is 28.2 Å². The lowest BCUT2D eigenvalue weighted by molar-refractivity contribution is 0.0697. The summed E-state index contributed by atoms with van der Waals surface area (Å²) in [5.41, 5.74) is 3.60. The summed E-state index contributed by atoms with van der Waals surface area (Å²) in [5.74, 6) is 0.989. The van der Waals surface area contributed by atoms with E-state index in [0.29, 0.717) is 27.2 Å².